The molecular weight excluding hydrogens is 755 g/mol. The molecule has 1 nitrogen and oxygen atoms in total. The second-order valence-electron chi connectivity index (χ2n) is 18.3. The van der Waals surface area contributed by atoms with E-state index in [1.165, 1.54) is 92.3 Å². The number of allylic oxidation sites excluding steroid dienone is 4. The molecule has 1 heterocycles. The molecule has 2 aliphatic rings. The first-order chi connectivity index (χ1) is 29.6. The van der Waals surface area contributed by atoms with E-state index >= 15 is 0 Å². The summed E-state index contributed by atoms with van der Waals surface area (Å²) in [6, 6.07) is 67.8. The van der Waals surface area contributed by atoms with Crippen molar-refractivity contribution >= 4 is 59.2 Å². The van der Waals surface area contributed by atoms with Crippen LogP contribution in [-0.2, 0) is 10.8 Å². The molecule has 294 valence electrons. The fraction of sp³-hybridized carbons (Fsp3) is 0.153. The number of thiophene rings is 1. The maximum Gasteiger partial charge on any atom is 0.0550 e. The highest BCUT2D eigenvalue weighted by atomic mass is 32.1. The minimum atomic E-state index is 0.000413. The Hall–Kier alpha value is -6.66. The van der Waals surface area contributed by atoms with E-state index in [-0.39, 0.29) is 10.8 Å². The van der Waals surface area contributed by atoms with Crippen molar-refractivity contribution in [1.29, 1.82) is 0 Å². The van der Waals surface area contributed by atoms with Gasteiger partial charge in [0, 0.05) is 54.2 Å². The Morgan fingerprint density at radius 3 is 1.95 bits per heavy atom. The molecule has 2 heteroatoms. The fourth-order valence-corrected chi connectivity index (χ4v) is 11.1. The lowest BCUT2D eigenvalue weighted by Gasteiger charge is -2.34. The van der Waals surface area contributed by atoms with Crippen molar-refractivity contribution in [1.82, 2.24) is 0 Å². The summed E-state index contributed by atoms with van der Waals surface area (Å²) in [6.45, 7) is 11.6. The molecule has 0 amide bonds. The summed E-state index contributed by atoms with van der Waals surface area (Å²) in [6.07, 6.45) is 4.45. The molecule has 0 fully saturated rings. The van der Waals surface area contributed by atoms with Crippen molar-refractivity contribution in [2.75, 3.05) is 4.90 Å². The van der Waals surface area contributed by atoms with E-state index in [0.717, 1.165) is 29.8 Å². The van der Waals surface area contributed by atoms with Gasteiger partial charge in [-0.15, -0.1) is 11.3 Å². The van der Waals surface area contributed by atoms with Gasteiger partial charge in [0.05, 0.1) is 5.69 Å². The molecule has 0 bridgehead atoms. The summed E-state index contributed by atoms with van der Waals surface area (Å²) in [5.74, 6) is 0. The number of benzene rings is 7. The van der Waals surface area contributed by atoms with Crippen LogP contribution in [0.1, 0.15) is 64.2 Å². The minimum absolute atomic E-state index is 0.000413. The van der Waals surface area contributed by atoms with Crippen molar-refractivity contribution in [3.8, 4) is 33.4 Å². The lowest BCUT2D eigenvalue weighted by molar-refractivity contribution is 0.590. The zero-order valence-corrected chi connectivity index (χ0v) is 36.3. The molecule has 0 saturated carbocycles. The molecule has 8 aromatic carbocycles. The Kier molecular flexibility index (Phi) is 8.71. The monoisotopic (exact) mass is 801 g/mol. The van der Waals surface area contributed by atoms with Crippen LogP contribution in [0.15, 0.2) is 181 Å². The maximum atomic E-state index is 3.69. The molecular formula is C59H47NS. The molecule has 61 heavy (non-hydrogen) atoms. The number of fused-ring (bicyclic) bond motifs is 6. The molecule has 0 spiro atoms. The number of rotatable bonds is 6. The molecule has 0 saturated heterocycles. The third kappa shape index (κ3) is 6.22. The average molecular weight is 802 g/mol. The number of anilines is 2. The van der Waals surface area contributed by atoms with Crippen LogP contribution < -0.4 is 4.90 Å². The predicted molar refractivity (Wildman–Crippen MR) is 262 cm³/mol. The molecule has 0 N–H and O–H groups in total. The maximum absolute atomic E-state index is 3.69. The number of hydrogen-bond acceptors (Lipinski definition) is 2. The van der Waals surface area contributed by atoms with Gasteiger partial charge in [-0.2, -0.15) is 0 Å². The van der Waals surface area contributed by atoms with Crippen LogP contribution in [0, 0.1) is 12.1 Å². The molecule has 0 aliphatic heterocycles. The van der Waals surface area contributed by atoms with Gasteiger partial charge in [-0.25, -0.2) is 0 Å². The topological polar surface area (TPSA) is 3.24 Å². The highest BCUT2D eigenvalue weighted by molar-refractivity contribution is 7.25. The van der Waals surface area contributed by atoms with E-state index in [2.05, 4.69) is 222 Å². The van der Waals surface area contributed by atoms with Crippen LogP contribution in [0.25, 0.3) is 69.9 Å². The molecule has 2 aliphatic carbocycles. The van der Waals surface area contributed by atoms with Crippen LogP contribution in [0.5, 0.6) is 0 Å². The Balaban J connectivity index is 1.08. The Morgan fingerprint density at radius 2 is 1.23 bits per heavy atom. The van der Waals surface area contributed by atoms with Gasteiger partial charge < -0.3 is 4.90 Å². The third-order valence-corrected chi connectivity index (χ3v) is 14.4. The van der Waals surface area contributed by atoms with E-state index in [1.807, 2.05) is 11.3 Å². The normalized spacial score (nSPS) is 14.5. The largest absolute Gasteiger partial charge is 0.314 e. The minimum Gasteiger partial charge on any atom is -0.314 e. The highest BCUT2D eigenvalue weighted by Crippen LogP contribution is 2.53. The first-order valence-electron chi connectivity index (χ1n) is 21.5. The summed E-state index contributed by atoms with van der Waals surface area (Å²) in [5, 5.41) is 4.94. The van der Waals surface area contributed by atoms with Crippen LogP contribution >= 0.6 is 11.3 Å². The van der Waals surface area contributed by atoms with E-state index in [1.54, 1.807) is 0 Å². The SMILES string of the molecule is CC(C)(C)c1ccc(-c2ccc(-c3ccc(N(C4=CC5=C(CC4)C(C)(C)c4ccccc45)c4ccc5ccccc5c4-c4c#ccc5sc6ccccc6c45)cc3)cc2)cc1. The molecule has 9 aromatic rings. The lowest BCUT2D eigenvalue weighted by Crippen LogP contribution is -2.22. The average Bonchev–Trinajstić information content (AvgIpc) is 3.78. The summed E-state index contributed by atoms with van der Waals surface area (Å²) < 4.78 is 2.51. The van der Waals surface area contributed by atoms with Gasteiger partial charge in [-0.3, -0.25) is 0 Å². The van der Waals surface area contributed by atoms with Crippen LogP contribution in [0.4, 0.5) is 11.4 Å². The van der Waals surface area contributed by atoms with E-state index in [4.69, 9.17) is 0 Å². The predicted octanol–water partition coefficient (Wildman–Crippen LogP) is 16.7. The first-order valence-corrected chi connectivity index (χ1v) is 22.4. The molecule has 0 radical (unpaired) electrons. The lowest BCUT2D eigenvalue weighted by atomic mass is 9.78. The summed E-state index contributed by atoms with van der Waals surface area (Å²) in [5.41, 5.74) is 17.9. The van der Waals surface area contributed by atoms with Gasteiger partial charge in [0.1, 0.15) is 0 Å². The van der Waals surface area contributed by atoms with Crippen molar-refractivity contribution in [2.45, 2.75) is 58.3 Å². The number of nitrogens with zero attached hydrogens (tertiary/aromatic N) is 1. The van der Waals surface area contributed by atoms with Gasteiger partial charge in [-0.05, 0) is 104 Å². The van der Waals surface area contributed by atoms with Gasteiger partial charge >= 0.3 is 0 Å². The van der Waals surface area contributed by atoms with Crippen molar-refractivity contribution in [3.63, 3.8) is 0 Å². The summed E-state index contributed by atoms with van der Waals surface area (Å²) >= 11 is 1.84. The van der Waals surface area contributed by atoms with Crippen LogP contribution in [-0.4, -0.2) is 0 Å². The second-order valence-corrected chi connectivity index (χ2v) is 19.4. The van der Waals surface area contributed by atoms with Crippen molar-refractivity contribution in [3.05, 3.63) is 210 Å². The van der Waals surface area contributed by atoms with E-state index in [0.29, 0.717) is 0 Å². The van der Waals surface area contributed by atoms with Crippen molar-refractivity contribution in [2.24, 2.45) is 0 Å². The quantitative estimate of drug-likeness (QED) is 0.162. The smallest absolute Gasteiger partial charge is 0.0550 e. The molecule has 11 rings (SSSR count). The van der Waals surface area contributed by atoms with Crippen LogP contribution in [0.3, 0.4) is 0 Å². The standard InChI is InChI=1S/C59H47NS/c1-58(2,3)43-30-25-40(26-31-43)38-21-23-39(24-22-38)41-27-32-44(33-28-41)60(45-34-35-52-50(37-45)47-15-8-10-18-51(47)59(52,4)5)53-36-29-42-13-6-7-14-46(42)56(53)49-17-12-20-55-57(49)48-16-9-11-19-54(48)61-55/h6-11,13-16,18-33,36-37H,34-35H2,1-5H3. The summed E-state index contributed by atoms with van der Waals surface area (Å²) in [4.78, 5) is 2.55. The Labute approximate surface area is 364 Å². The van der Waals surface area contributed by atoms with Crippen molar-refractivity contribution < 1.29 is 0 Å². The Bertz CT molecular complexity index is 3220. The van der Waals surface area contributed by atoms with Gasteiger partial charge in [0.15, 0.2) is 0 Å². The molecule has 0 atom stereocenters. The molecule has 1 aromatic heterocycles. The van der Waals surface area contributed by atoms with Gasteiger partial charge in [0.2, 0.25) is 0 Å². The zero-order valence-electron chi connectivity index (χ0n) is 35.4. The summed E-state index contributed by atoms with van der Waals surface area (Å²) in [7, 11) is 0. The fourth-order valence-electron chi connectivity index (χ4n) is 10.0. The first kappa shape index (κ1) is 37.3. The van der Waals surface area contributed by atoms with Crippen LogP contribution in [0.2, 0.25) is 0 Å². The number of hydrogen-bond donors (Lipinski definition) is 0. The highest BCUT2D eigenvalue weighted by Gasteiger charge is 2.39. The molecule has 0 unspecified atom stereocenters. The van der Waals surface area contributed by atoms with E-state index in [9.17, 15) is 0 Å². The van der Waals surface area contributed by atoms with Gasteiger partial charge in [0.25, 0.3) is 0 Å². The van der Waals surface area contributed by atoms with Gasteiger partial charge in [-0.1, -0.05) is 186 Å². The zero-order chi connectivity index (χ0) is 41.5. The van der Waals surface area contributed by atoms with E-state index < -0.39 is 0 Å². The Morgan fingerprint density at radius 1 is 0.607 bits per heavy atom. The second kappa shape index (κ2) is 14.2. The third-order valence-electron chi connectivity index (χ3n) is 13.3.